The number of fused-ring (bicyclic) bond motifs is 1. The number of carboxylic acid groups (broad SMARTS) is 1. The third kappa shape index (κ3) is 2.46. The molecule has 1 aromatic carbocycles. The third-order valence-electron chi connectivity index (χ3n) is 3.56. The molecule has 19 heavy (non-hydrogen) atoms. The van der Waals surface area contributed by atoms with Gasteiger partial charge in [-0.25, -0.2) is 4.79 Å². The maximum absolute atomic E-state index is 12.2. The average Bonchev–Trinajstić information content (AvgIpc) is 2.44. The summed E-state index contributed by atoms with van der Waals surface area (Å²) < 4.78 is 0. The maximum atomic E-state index is 12.2. The molecule has 2 unspecified atom stereocenters. The number of rotatable bonds is 3. The van der Waals surface area contributed by atoms with Crippen LogP contribution in [0.25, 0.3) is 0 Å². The molecule has 1 aromatic rings. The highest BCUT2D eigenvalue weighted by Crippen LogP contribution is 2.30. The van der Waals surface area contributed by atoms with Gasteiger partial charge in [0.15, 0.2) is 6.04 Å². The first-order valence-electron chi connectivity index (χ1n) is 6.43. The van der Waals surface area contributed by atoms with E-state index < -0.39 is 18.1 Å². The van der Waals surface area contributed by atoms with Gasteiger partial charge in [0, 0.05) is 6.54 Å². The first-order valence-corrected chi connectivity index (χ1v) is 6.43. The minimum absolute atomic E-state index is 0.288. The Labute approximate surface area is 112 Å². The highest BCUT2D eigenvalue weighted by molar-refractivity contribution is 5.88. The number of amides is 1. The fourth-order valence-corrected chi connectivity index (χ4v) is 2.46. The first kappa shape index (κ1) is 13.5. The summed E-state index contributed by atoms with van der Waals surface area (Å²) in [5, 5.41) is 9.42. The highest BCUT2D eigenvalue weighted by atomic mass is 16.4. The predicted octanol–water partition coefficient (Wildman–Crippen LogP) is 0.934. The fourth-order valence-electron chi connectivity index (χ4n) is 2.46. The summed E-state index contributed by atoms with van der Waals surface area (Å²) >= 11 is 0. The van der Waals surface area contributed by atoms with Crippen molar-refractivity contribution in [1.29, 1.82) is 0 Å². The molecular formula is C14H18N2O3. The summed E-state index contributed by atoms with van der Waals surface area (Å²) in [7, 11) is 0. The summed E-state index contributed by atoms with van der Waals surface area (Å²) in [6.45, 7) is 2.22. The lowest BCUT2D eigenvalue weighted by Crippen LogP contribution is -2.50. The van der Waals surface area contributed by atoms with Crippen LogP contribution in [0.4, 0.5) is 0 Å². The number of aliphatic carboxylic acids is 1. The predicted molar refractivity (Wildman–Crippen MR) is 70.5 cm³/mol. The van der Waals surface area contributed by atoms with E-state index in [1.807, 2.05) is 19.1 Å². The van der Waals surface area contributed by atoms with Crippen LogP contribution in [0.15, 0.2) is 24.3 Å². The van der Waals surface area contributed by atoms with Crippen molar-refractivity contribution in [1.82, 2.24) is 4.90 Å². The van der Waals surface area contributed by atoms with E-state index in [9.17, 15) is 14.7 Å². The Morgan fingerprint density at radius 3 is 2.79 bits per heavy atom. The molecular weight excluding hydrogens is 244 g/mol. The van der Waals surface area contributed by atoms with Gasteiger partial charge in [0.1, 0.15) is 0 Å². The van der Waals surface area contributed by atoms with Gasteiger partial charge in [-0.1, -0.05) is 31.2 Å². The number of carboxylic acids is 1. The van der Waals surface area contributed by atoms with Gasteiger partial charge in [0.05, 0.1) is 6.04 Å². The largest absolute Gasteiger partial charge is 0.479 e. The second-order valence-electron chi connectivity index (χ2n) is 4.74. The Morgan fingerprint density at radius 2 is 2.16 bits per heavy atom. The van der Waals surface area contributed by atoms with Crippen LogP contribution in [0.5, 0.6) is 0 Å². The number of carbonyl (C=O) groups excluding carboxylic acids is 1. The number of nitrogens with two attached hydrogens (primary N) is 1. The molecule has 5 nitrogen and oxygen atoms in total. The Kier molecular flexibility index (Phi) is 3.85. The summed E-state index contributed by atoms with van der Waals surface area (Å²) in [5.41, 5.74) is 7.43. The number of benzene rings is 1. The number of hydrogen-bond donors (Lipinski definition) is 2. The minimum Gasteiger partial charge on any atom is -0.479 e. The van der Waals surface area contributed by atoms with Crippen LogP contribution in [0.3, 0.4) is 0 Å². The van der Waals surface area contributed by atoms with Gasteiger partial charge in [0.2, 0.25) is 5.91 Å². The summed E-state index contributed by atoms with van der Waals surface area (Å²) in [6.07, 6.45) is 1.17. The molecule has 0 saturated heterocycles. The fraction of sp³-hybridized carbons (Fsp3) is 0.429. The second-order valence-corrected chi connectivity index (χ2v) is 4.74. The molecule has 0 spiro atoms. The lowest BCUT2D eigenvalue weighted by molar-refractivity contribution is -0.151. The molecule has 0 radical (unpaired) electrons. The lowest BCUT2D eigenvalue weighted by atomic mass is 9.92. The molecule has 0 aromatic heterocycles. The minimum atomic E-state index is -1.01. The van der Waals surface area contributed by atoms with E-state index in [2.05, 4.69) is 0 Å². The van der Waals surface area contributed by atoms with E-state index in [1.54, 1.807) is 12.1 Å². The van der Waals surface area contributed by atoms with Crippen molar-refractivity contribution in [2.45, 2.75) is 31.8 Å². The van der Waals surface area contributed by atoms with Crippen LogP contribution in [0, 0.1) is 0 Å². The summed E-state index contributed by atoms with van der Waals surface area (Å²) in [4.78, 5) is 25.1. The second kappa shape index (κ2) is 5.40. The molecule has 102 valence electrons. The molecule has 1 aliphatic heterocycles. The Balaban J connectivity index is 2.37. The van der Waals surface area contributed by atoms with E-state index in [-0.39, 0.29) is 5.91 Å². The van der Waals surface area contributed by atoms with Crippen LogP contribution < -0.4 is 5.73 Å². The molecule has 1 aliphatic rings. The van der Waals surface area contributed by atoms with Crippen molar-refractivity contribution < 1.29 is 14.7 Å². The van der Waals surface area contributed by atoms with Crippen molar-refractivity contribution in [2.75, 3.05) is 6.54 Å². The zero-order valence-corrected chi connectivity index (χ0v) is 10.9. The quantitative estimate of drug-likeness (QED) is 0.849. The molecule has 1 amide bonds. The van der Waals surface area contributed by atoms with Crippen molar-refractivity contribution in [3.8, 4) is 0 Å². The van der Waals surface area contributed by atoms with E-state index in [0.717, 1.165) is 5.56 Å². The van der Waals surface area contributed by atoms with Gasteiger partial charge < -0.3 is 15.7 Å². The van der Waals surface area contributed by atoms with E-state index in [0.29, 0.717) is 24.9 Å². The zero-order chi connectivity index (χ0) is 14.0. The summed E-state index contributed by atoms with van der Waals surface area (Å²) in [6, 6.07) is 5.80. The van der Waals surface area contributed by atoms with Gasteiger partial charge in [-0.3, -0.25) is 4.79 Å². The smallest absolute Gasteiger partial charge is 0.331 e. The SMILES string of the molecule is CCC(N)C(=O)N1CCc2ccccc2C1C(=O)O. The Bertz CT molecular complexity index is 501. The zero-order valence-electron chi connectivity index (χ0n) is 10.9. The number of nitrogens with zero attached hydrogens (tertiary/aromatic N) is 1. The molecule has 0 saturated carbocycles. The number of carbonyl (C=O) groups is 2. The average molecular weight is 262 g/mol. The molecule has 0 fully saturated rings. The highest BCUT2D eigenvalue weighted by Gasteiger charge is 2.36. The van der Waals surface area contributed by atoms with Crippen molar-refractivity contribution in [2.24, 2.45) is 5.73 Å². The van der Waals surface area contributed by atoms with E-state index in [1.165, 1.54) is 4.90 Å². The van der Waals surface area contributed by atoms with Gasteiger partial charge in [0.25, 0.3) is 0 Å². The molecule has 5 heteroatoms. The third-order valence-corrected chi connectivity index (χ3v) is 3.56. The van der Waals surface area contributed by atoms with Gasteiger partial charge in [-0.15, -0.1) is 0 Å². The van der Waals surface area contributed by atoms with Gasteiger partial charge >= 0.3 is 5.97 Å². The monoisotopic (exact) mass is 262 g/mol. The molecule has 2 atom stereocenters. The first-order chi connectivity index (χ1) is 9.06. The number of hydrogen-bond acceptors (Lipinski definition) is 3. The molecule has 0 bridgehead atoms. The van der Waals surface area contributed by atoms with Crippen LogP contribution in [0.2, 0.25) is 0 Å². The lowest BCUT2D eigenvalue weighted by Gasteiger charge is -2.36. The standard InChI is InChI=1S/C14H18N2O3/c1-2-11(15)13(17)16-8-7-9-5-3-4-6-10(9)12(16)14(18)19/h3-6,11-12H,2,7-8,15H2,1H3,(H,18,19). The molecule has 0 aliphatic carbocycles. The van der Waals surface area contributed by atoms with Crippen molar-refractivity contribution >= 4 is 11.9 Å². The van der Waals surface area contributed by atoms with Crippen LogP contribution in [-0.2, 0) is 16.0 Å². The van der Waals surface area contributed by atoms with Crippen LogP contribution in [0.1, 0.15) is 30.5 Å². The van der Waals surface area contributed by atoms with Crippen molar-refractivity contribution in [3.63, 3.8) is 0 Å². The van der Waals surface area contributed by atoms with E-state index in [4.69, 9.17) is 5.73 Å². The topological polar surface area (TPSA) is 83.6 Å². The van der Waals surface area contributed by atoms with Crippen LogP contribution >= 0.6 is 0 Å². The maximum Gasteiger partial charge on any atom is 0.331 e. The normalized spacial score (nSPS) is 19.7. The summed E-state index contributed by atoms with van der Waals surface area (Å²) in [5.74, 6) is -1.30. The van der Waals surface area contributed by atoms with Gasteiger partial charge in [-0.2, -0.15) is 0 Å². The van der Waals surface area contributed by atoms with Crippen molar-refractivity contribution in [3.05, 3.63) is 35.4 Å². The molecule has 2 rings (SSSR count). The molecule has 1 heterocycles. The van der Waals surface area contributed by atoms with E-state index >= 15 is 0 Å². The molecule has 3 N–H and O–H groups in total. The Hall–Kier alpha value is -1.88. The van der Waals surface area contributed by atoms with Crippen LogP contribution in [-0.4, -0.2) is 34.5 Å². The van der Waals surface area contributed by atoms with Gasteiger partial charge in [-0.05, 0) is 24.0 Å². The Morgan fingerprint density at radius 1 is 1.47 bits per heavy atom.